The molecule has 0 saturated heterocycles. The lowest BCUT2D eigenvalue weighted by Crippen LogP contribution is -2.22. The number of nitrogens with zero attached hydrogens (tertiary/aromatic N) is 5. The molecule has 7 nitrogen and oxygen atoms in total. The molecule has 0 radical (unpaired) electrons. The van der Waals surface area contributed by atoms with Crippen LogP contribution in [-0.2, 0) is 7.05 Å². The van der Waals surface area contributed by atoms with Crippen LogP contribution < -0.4 is 11.5 Å². The van der Waals surface area contributed by atoms with Gasteiger partial charge in [-0.1, -0.05) is 0 Å². The highest BCUT2D eigenvalue weighted by atomic mass is 15.2. The number of guanidine groups is 1. The zero-order valence-electron chi connectivity index (χ0n) is 9.39. The normalized spacial score (nSPS) is 10.7. The lowest BCUT2D eigenvalue weighted by Gasteiger charge is -1.99. The highest BCUT2D eigenvalue weighted by molar-refractivity contribution is 5.79. The zero-order chi connectivity index (χ0) is 11.9. The Morgan fingerprint density at radius 2 is 1.75 bits per heavy atom. The van der Waals surface area contributed by atoms with Crippen LogP contribution in [0, 0.1) is 13.8 Å². The first kappa shape index (κ1) is 10.3. The summed E-state index contributed by atoms with van der Waals surface area (Å²) in [5.41, 5.74) is 13.5. The smallest absolute Gasteiger partial charge is 0.236 e. The Balaban J connectivity index is 2.73. The minimum absolute atomic E-state index is 0.0353. The van der Waals surface area contributed by atoms with Crippen molar-refractivity contribution < 1.29 is 0 Å². The van der Waals surface area contributed by atoms with E-state index in [1.54, 1.807) is 11.6 Å². The third kappa shape index (κ3) is 1.56. The summed E-state index contributed by atoms with van der Waals surface area (Å²) in [6.45, 7) is 3.78. The molecule has 0 atom stereocenters. The maximum atomic E-state index is 5.31. The second-order valence-corrected chi connectivity index (χ2v) is 3.55. The van der Waals surface area contributed by atoms with Crippen LogP contribution in [0.15, 0.2) is 4.99 Å². The number of hydrogen-bond acceptors (Lipinski definition) is 4. The molecular weight excluding hydrogens is 206 g/mol. The fourth-order valence-electron chi connectivity index (χ4n) is 1.36. The molecule has 4 N–H and O–H groups in total. The van der Waals surface area contributed by atoms with Crippen molar-refractivity contribution in [3.63, 3.8) is 0 Å². The third-order valence-corrected chi connectivity index (χ3v) is 2.32. The van der Waals surface area contributed by atoms with E-state index in [1.807, 2.05) is 13.8 Å². The van der Waals surface area contributed by atoms with Gasteiger partial charge in [-0.2, -0.15) is 9.98 Å². The molecule has 0 spiro atoms. The monoisotopic (exact) mass is 219 g/mol. The summed E-state index contributed by atoms with van der Waals surface area (Å²) < 4.78 is 1.70. The number of aromatic nitrogens is 4. The maximum Gasteiger partial charge on any atom is 0.236 e. The quantitative estimate of drug-likeness (QED) is 0.513. The number of imidazole rings is 1. The summed E-state index contributed by atoms with van der Waals surface area (Å²) in [4.78, 5) is 16.8. The van der Waals surface area contributed by atoms with Crippen molar-refractivity contribution in [1.29, 1.82) is 0 Å². The summed E-state index contributed by atoms with van der Waals surface area (Å²) >= 11 is 0. The lowest BCUT2D eigenvalue weighted by molar-refractivity contribution is 0.919. The van der Waals surface area contributed by atoms with Crippen LogP contribution in [0.4, 0.5) is 5.95 Å². The number of aryl methyl sites for hydroxylation is 3. The Labute approximate surface area is 92.2 Å². The van der Waals surface area contributed by atoms with Gasteiger partial charge in [0.15, 0.2) is 17.3 Å². The highest BCUT2D eigenvalue weighted by Gasteiger charge is 2.11. The average molecular weight is 219 g/mol. The molecule has 2 aromatic rings. The van der Waals surface area contributed by atoms with E-state index < -0.39 is 0 Å². The fraction of sp³-hybridized carbons (Fsp3) is 0.333. The number of fused-ring (bicyclic) bond motifs is 1. The Bertz CT molecular complexity index is 577. The predicted octanol–water partition coefficient (Wildman–Crippen LogP) is -0.115. The van der Waals surface area contributed by atoms with Gasteiger partial charge in [0.25, 0.3) is 0 Å². The van der Waals surface area contributed by atoms with Gasteiger partial charge in [-0.15, -0.1) is 0 Å². The van der Waals surface area contributed by atoms with Crippen LogP contribution in [0.3, 0.4) is 0 Å². The summed E-state index contributed by atoms with van der Waals surface area (Å²) in [5.74, 6) is 0.367. The van der Waals surface area contributed by atoms with Gasteiger partial charge >= 0.3 is 0 Å². The predicted molar refractivity (Wildman–Crippen MR) is 61.2 cm³/mol. The van der Waals surface area contributed by atoms with Crippen molar-refractivity contribution in [3.05, 3.63) is 11.4 Å². The fourth-order valence-corrected chi connectivity index (χ4v) is 1.36. The summed E-state index contributed by atoms with van der Waals surface area (Å²) in [6.07, 6.45) is 0. The molecule has 0 aromatic carbocycles. The van der Waals surface area contributed by atoms with Gasteiger partial charge in [0.2, 0.25) is 5.95 Å². The second kappa shape index (κ2) is 3.44. The van der Waals surface area contributed by atoms with E-state index >= 15 is 0 Å². The lowest BCUT2D eigenvalue weighted by atomic mass is 10.3. The number of rotatable bonds is 1. The van der Waals surface area contributed by atoms with Crippen molar-refractivity contribution >= 4 is 23.2 Å². The molecule has 0 saturated carbocycles. The average Bonchev–Trinajstić information content (AvgIpc) is 2.45. The molecule has 2 heterocycles. The molecule has 2 rings (SSSR count). The van der Waals surface area contributed by atoms with Gasteiger partial charge in [0.05, 0.1) is 11.4 Å². The van der Waals surface area contributed by atoms with Gasteiger partial charge in [0, 0.05) is 7.05 Å². The van der Waals surface area contributed by atoms with E-state index in [4.69, 9.17) is 11.5 Å². The Hall–Kier alpha value is -2.18. The van der Waals surface area contributed by atoms with Crippen LogP contribution in [0.1, 0.15) is 11.4 Å². The van der Waals surface area contributed by atoms with Crippen LogP contribution >= 0.6 is 0 Å². The molecule has 2 aromatic heterocycles. The minimum Gasteiger partial charge on any atom is -0.370 e. The largest absolute Gasteiger partial charge is 0.370 e. The summed E-state index contributed by atoms with van der Waals surface area (Å²) in [5, 5.41) is 0. The Morgan fingerprint density at radius 1 is 1.12 bits per heavy atom. The van der Waals surface area contributed by atoms with Crippen LogP contribution in [0.25, 0.3) is 11.3 Å². The zero-order valence-corrected chi connectivity index (χ0v) is 9.39. The van der Waals surface area contributed by atoms with E-state index in [0.717, 1.165) is 11.4 Å². The topological polar surface area (TPSA) is 108 Å². The van der Waals surface area contributed by atoms with E-state index in [-0.39, 0.29) is 5.96 Å². The molecule has 0 aliphatic carbocycles. The first-order valence-corrected chi connectivity index (χ1v) is 4.76. The van der Waals surface area contributed by atoms with Crippen LogP contribution in [0.2, 0.25) is 0 Å². The van der Waals surface area contributed by atoms with Crippen LogP contribution in [-0.4, -0.2) is 25.5 Å². The van der Waals surface area contributed by atoms with Crippen molar-refractivity contribution in [3.8, 4) is 0 Å². The third-order valence-electron chi connectivity index (χ3n) is 2.32. The molecule has 0 aliphatic heterocycles. The van der Waals surface area contributed by atoms with Gasteiger partial charge < -0.3 is 11.5 Å². The van der Waals surface area contributed by atoms with E-state index in [1.165, 1.54) is 0 Å². The minimum atomic E-state index is -0.0353. The summed E-state index contributed by atoms with van der Waals surface area (Å²) in [6, 6.07) is 0. The molecule has 7 heteroatoms. The van der Waals surface area contributed by atoms with Crippen molar-refractivity contribution in [1.82, 2.24) is 19.5 Å². The van der Waals surface area contributed by atoms with Gasteiger partial charge in [-0.3, -0.25) is 4.57 Å². The van der Waals surface area contributed by atoms with Gasteiger partial charge in [-0.25, -0.2) is 9.97 Å². The van der Waals surface area contributed by atoms with Crippen LogP contribution in [0.5, 0.6) is 0 Å². The summed E-state index contributed by atoms with van der Waals surface area (Å²) in [7, 11) is 1.79. The van der Waals surface area contributed by atoms with E-state index in [0.29, 0.717) is 17.2 Å². The first-order chi connectivity index (χ1) is 7.49. The Morgan fingerprint density at radius 3 is 2.38 bits per heavy atom. The van der Waals surface area contributed by atoms with E-state index in [9.17, 15) is 0 Å². The molecule has 0 amide bonds. The molecule has 16 heavy (non-hydrogen) atoms. The molecule has 0 unspecified atom stereocenters. The number of nitrogens with two attached hydrogens (primary N) is 2. The molecular formula is C9H13N7. The number of aliphatic imine (C=N–C) groups is 1. The van der Waals surface area contributed by atoms with Gasteiger partial charge in [-0.05, 0) is 13.8 Å². The molecule has 84 valence electrons. The highest BCUT2D eigenvalue weighted by Crippen LogP contribution is 2.17. The maximum absolute atomic E-state index is 5.31. The standard InChI is InChI=1S/C9H13N7/c1-4-5(2)13-7-6(12-4)14-9(16(7)3)15-8(10)11/h1-3H3,(H4,10,11,12,14,15). The molecule has 0 aliphatic rings. The van der Waals surface area contributed by atoms with Crippen molar-refractivity contribution in [2.24, 2.45) is 23.5 Å². The SMILES string of the molecule is Cc1nc2nc(N=C(N)N)n(C)c2nc1C. The van der Waals surface area contributed by atoms with Gasteiger partial charge in [0.1, 0.15) is 0 Å². The second-order valence-electron chi connectivity index (χ2n) is 3.55. The van der Waals surface area contributed by atoms with Crippen molar-refractivity contribution in [2.45, 2.75) is 13.8 Å². The first-order valence-electron chi connectivity index (χ1n) is 4.76. The van der Waals surface area contributed by atoms with Crippen molar-refractivity contribution in [2.75, 3.05) is 0 Å². The molecule has 0 fully saturated rings. The number of hydrogen-bond donors (Lipinski definition) is 2. The Kier molecular flexibility index (Phi) is 2.22. The van der Waals surface area contributed by atoms with E-state index in [2.05, 4.69) is 19.9 Å². The molecule has 0 bridgehead atoms.